The first-order chi connectivity index (χ1) is 9.51. The summed E-state index contributed by atoms with van der Waals surface area (Å²) < 4.78 is 13.8. The molecule has 2 aromatic carbocycles. The van der Waals surface area contributed by atoms with E-state index in [0.717, 1.165) is 21.2 Å². The Morgan fingerprint density at radius 2 is 2.05 bits per heavy atom. The molecular weight excluding hydrogens is 343 g/mol. The van der Waals surface area contributed by atoms with Crippen LogP contribution in [0.3, 0.4) is 0 Å². The molecule has 0 fully saturated rings. The molecule has 1 unspecified atom stereocenters. The van der Waals surface area contributed by atoms with Crippen LogP contribution in [0.5, 0.6) is 0 Å². The van der Waals surface area contributed by atoms with Crippen LogP contribution < -0.4 is 11.3 Å². The number of hydrogen-bond acceptors (Lipinski definition) is 2. The zero-order valence-electron chi connectivity index (χ0n) is 11.0. The van der Waals surface area contributed by atoms with Crippen molar-refractivity contribution in [1.82, 2.24) is 5.43 Å². The van der Waals surface area contributed by atoms with Crippen LogP contribution >= 0.6 is 27.5 Å². The Kier molecular flexibility index (Phi) is 5.16. The number of benzene rings is 2. The fourth-order valence-electron chi connectivity index (χ4n) is 2.08. The molecule has 0 aliphatic rings. The summed E-state index contributed by atoms with van der Waals surface area (Å²) in [5.74, 6) is 5.37. The second-order valence-electron chi connectivity index (χ2n) is 4.68. The third kappa shape index (κ3) is 3.58. The van der Waals surface area contributed by atoms with Gasteiger partial charge in [0.2, 0.25) is 0 Å². The van der Waals surface area contributed by atoms with E-state index in [2.05, 4.69) is 21.4 Å². The molecule has 3 N–H and O–H groups in total. The zero-order valence-corrected chi connectivity index (χ0v) is 13.3. The van der Waals surface area contributed by atoms with Crippen molar-refractivity contribution in [2.75, 3.05) is 0 Å². The number of hydrogen-bond donors (Lipinski definition) is 2. The summed E-state index contributed by atoms with van der Waals surface area (Å²) in [6.07, 6.45) is 0.611. The Balaban J connectivity index is 2.28. The Morgan fingerprint density at radius 3 is 2.65 bits per heavy atom. The van der Waals surface area contributed by atoms with Crippen molar-refractivity contribution in [3.63, 3.8) is 0 Å². The standard InChI is InChI=1S/C15H15BrClFN2/c1-9-2-5-12(14(17)6-9)15(20-19)7-10-3-4-11(18)8-13(10)16/h2-6,8,15,20H,7,19H2,1H3. The summed E-state index contributed by atoms with van der Waals surface area (Å²) in [5.41, 5.74) is 5.76. The Labute approximate surface area is 131 Å². The van der Waals surface area contributed by atoms with Gasteiger partial charge in [-0.2, -0.15) is 0 Å². The fourth-order valence-corrected chi connectivity index (χ4v) is 2.96. The largest absolute Gasteiger partial charge is 0.271 e. The van der Waals surface area contributed by atoms with Gasteiger partial charge in [0.05, 0.1) is 6.04 Å². The van der Waals surface area contributed by atoms with Crippen molar-refractivity contribution in [1.29, 1.82) is 0 Å². The molecule has 0 amide bonds. The molecule has 1 atom stereocenters. The maximum atomic E-state index is 13.1. The van der Waals surface area contributed by atoms with Crippen molar-refractivity contribution >= 4 is 27.5 Å². The number of hydrazine groups is 1. The number of rotatable bonds is 4. The van der Waals surface area contributed by atoms with Crippen molar-refractivity contribution in [3.05, 3.63) is 68.4 Å². The van der Waals surface area contributed by atoms with Crippen LogP contribution in [-0.2, 0) is 6.42 Å². The molecule has 0 aliphatic heterocycles. The Hall–Kier alpha value is -0.940. The minimum absolute atomic E-state index is 0.134. The molecule has 20 heavy (non-hydrogen) atoms. The third-order valence-electron chi connectivity index (χ3n) is 3.17. The van der Waals surface area contributed by atoms with E-state index in [1.807, 2.05) is 25.1 Å². The summed E-state index contributed by atoms with van der Waals surface area (Å²) >= 11 is 9.63. The lowest BCUT2D eigenvalue weighted by Crippen LogP contribution is -2.30. The van der Waals surface area contributed by atoms with E-state index >= 15 is 0 Å². The summed E-state index contributed by atoms with van der Waals surface area (Å²) in [4.78, 5) is 0. The lowest BCUT2D eigenvalue weighted by atomic mass is 9.98. The van der Waals surface area contributed by atoms with Crippen molar-refractivity contribution in [2.45, 2.75) is 19.4 Å². The van der Waals surface area contributed by atoms with Gasteiger partial charge >= 0.3 is 0 Å². The van der Waals surface area contributed by atoms with Gasteiger partial charge in [0.25, 0.3) is 0 Å². The minimum atomic E-state index is -0.272. The predicted molar refractivity (Wildman–Crippen MR) is 84.1 cm³/mol. The molecule has 0 aromatic heterocycles. The highest BCUT2D eigenvalue weighted by Crippen LogP contribution is 2.29. The molecule has 2 rings (SSSR count). The van der Waals surface area contributed by atoms with Gasteiger partial charge in [-0.25, -0.2) is 4.39 Å². The van der Waals surface area contributed by atoms with E-state index in [4.69, 9.17) is 17.4 Å². The third-order valence-corrected chi connectivity index (χ3v) is 4.24. The number of nitrogens with two attached hydrogens (primary N) is 1. The monoisotopic (exact) mass is 356 g/mol. The molecule has 0 saturated heterocycles. The highest BCUT2D eigenvalue weighted by atomic mass is 79.9. The topological polar surface area (TPSA) is 38.0 Å². The molecule has 0 heterocycles. The first-order valence-corrected chi connectivity index (χ1v) is 7.34. The average Bonchev–Trinajstić information content (AvgIpc) is 2.39. The van der Waals surface area contributed by atoms with E-state index in [1.54, 1.807) is 6.07 Å². The smallest absolute Gasteiger partial charge is 0.124 e. The van der Waals surface area contributed by atoms with Gasteiger partial charge < -0.3 is 0 Å². The van der Waals surface area contributed by atoms with Crippen molar-refractivity contribution in [2.24, 2.45) is 5.84 Å². The predicted octanol–water partition coefficient (Wildman–Crippen LogP) is 4.30. The first kappa shape index (κ1) is 15.4. The summed E-state index contributed by atoms with van der Waals surface area (Å²) in [6.45, 7) is 1.98. The van der Waals surface area contributed by atoms with E-state index in [9.17, 15) is 4.39 Å². The molecule has 0 spiro atoms. The molecule has 0 radical (unpaired) electrons. The van der Waals surface area contributed by atoms with Crippen LogP contribution in [0, 0.1) is 12.7 Å². The minimum Gasteiger partial charge on any atom is -0.271 e. The Bertz CT molecular complexity index is 619. The van der Waals surface area contributed by atoms with Crippen LogP contribution in [0.2, 0.25) is 5.02 Å². The first-order valence-electron chi connectivity index (χ1n) is 6.17. The quantitative estimate of drug-likeness (QED) is 0.632. The molecule has 5 heteroatoms. The van der Waals surface area contributed by atoms with E-state index in [0.29, 0.717) is 11.4 Å². The molecule has 0 aliphatic carbocycles. The van der Waals surface area contributed by atoms with E-state index < -0.39 is 0 Å². The second-order valence-corrected chi connectivity index (χ2v) is 5.95. The summed E-state index contributed by atoms with van der Waals surface area (Å²) in [7, 11) is 0. The lowest BCUT2D eigenvalue weighted by molar-refractivity contribution is 0.550. The number of halogens is 3. The highest BCUT2D eigenvalue weighted by Gasteiger charge is 2.15. The van der Waals surface area contributed by atoms with Gasteiger partial charge in [0.1, 0.15) is 5.82 Å². The maximum absolute atomic E-state index is 13.1. The van der Waals surface area contributed by atoms with Gasteiger partial charge in [-0.3, -0.25) is 11.3 Å². The number of nitrogens with one attached hydrogen (secondary N) is 1. The molecule has 106 valence electrons. The molecular formula is C15H15BrClFN2. The van der Waals surface area contributed by atoms with Gasteiger partial charge in [-0.15, -0.1) is 0 Å². The van der Waals surface area contributed by atoms with E-state index in [-0.39, 0.29) is 11.9 Å². The number of aryl methyl sites for hydroxylation is 1. The van der Waals surface area contributed by atoms with Crippen LogP contribution in [0.4, 0.5) is 4.39 Å². The van der Waals surface area contributed by atoms with Gasteiger partial charge in [-0.1, -0.05) is 45.7 Å². The Morgan fingerprint density at radius 1 is 1.30 bits per heavy atom. The van der Waals surface area contributed by atoms with Crippen molar-refractivity contribution < 1.29 is 4.39 Å². The molecule has 2 nitrogen and oxygen atoms in total. The van der Waals surface area contributed by atoms with Gasteiger partial charge in [0, 0.05) is 9.50 Å². The SMILES string of the molecule is Cc1ccc(C(Cc2ccc(F)cc2Br)NN)c(Cl)c1. The fraction of sp³-hybridized carbons (Fsp3) is 0.200. The molecule has 0 saturated carbocycles. The van der Waals surface area contributed by atoms with Gasteiger partial charge in [-0.05, 0) is 48.2 Å². The average molecular weight is 358 g/mol. The summed E-state index contributed by atoms with van der Waals surface area (Å²) in [6, 6.07) is 10.3. The van der Waals surface area contributed by atoms with Crippen LogP contribution in [0.15, 0.2) is 40.9 Å². The zero-order chi connectivity index (χ0) is 14.7. The molecule has 0 bridgehead atoms. The van der Waals surface area contributed by atoms with Crippen LogP contribution in [0.25, 0.3) is 0 Å². The van der Waals surface area contributed by atoms with Crippen molar-refractivity contribution in [3.8, 4) is 0 Å². The molecule has 2 aromatic rings. The summed E-state index contributed by atoms with van der Waals surface area (Å²) in [5, 5.41) is 0.672. The van der Waals surface area contributed by atoms with Gasteiger partial charge in [0.15, 0.2) is 0 Å². The van der Waals surface area contributed by atoms with E-state index in [1.165, 1.54) is 12.1 Å². The van der Waals surface area contributed by atoms with Crippen LogP contribution in [0.1, 0.15) is 22.7 Å². The van der Waals surface area contributed by atoms with Crippen LogP contribution in [-0.4, -0.2) is 0 Å². The lowest BCUT2D eigenvalue weighted by Gasteiger charge is -2.19. The normalized spacial score (nSPS) is 12.4. The second kappa shape index (κ2) is 6.68. The highest BCUT2D eigenvalue weighted by molar-refractivity contribution is 9.10. The maximum Gasteiger partial charge on any atom is 0.124 e.